The number of para-hydroxylation sites is 1. The van der Waals surface area contributed by atoms with E-state index in [1.807, 2.05) is 18.2 Å². The molecular formula is C14H16O2. The standard InChI is InChI=1S/C14H16O2/c15-12-7-3-2-6-11(12)14-9-10-5-1-4-8-13(10)16-14/h1,4-5,8-9,11-12,15H,2-3,6-7H2. The van der Waals surface area contributed by atoms with Crippen LogP contribution in [0.3, 0.4) is 0 Å². The molecule has 1 fully saturated rings. The Hall–Kier alpha value is -1.28. The summed E-state index contributed by atoms with van der Waals surface area (Å²) in [6, 6.07) is 10.1. The molecule has 2 nitrogen and oxygen atoms in total. The van der Waals surface area contributed by atoms with Gasteiger partial charge in [0.25, 0.3) is 0 Å². The maximum atomic E-state index is 9.99. The molecule has 2 heteroatoms. The Labute approximate surface area is 94.9 Å². The zero-order chi connectivity index (χ0) is 11.0. The lowest BCUT2D eigenvalue weighted by atomic mass is 9.85. The van der Waals surface area contributed by atoms with E-state index >= 15 is 0 Å². The second-order valence-corrected chi connectivity index (χ2v) is 4.64. The molecular weight excluding hydrogens is 200 g/mol. The van der Waals surface area contributed by atoms with Crippen LogP contribution in [0.2, 0.25) is 0 Å². The molecule has 0 saturated heterocycles. The zero-order valence-electron chi connectivity index (χ0n) is 9.23. The first kappa shape index (κ1) is 9.91. The van der Waals surface area contributed by atoms with Crippen LogP contribution in [0.15, 0.2) is 34.7 Å². The SMILES string of the molecule is OC1CCCCC1c1cc2ccccc2o1. The van der Waals surface area contributed by atoms with Gasteiger partial charge in [-0.15, -0.1) is 0 Å². The largest absolute Gasteiger partial charge is 0.461 e. The fraction of sp³-hybridized carbons (Fsp3) is 0.429. The number of hydrogen-bond acceptors (Lipinski definition) is 2. The normalized spacial score (nSPS) is 26.1. The van der Waals surface area contributed by atoms with E-state index in [2.05, 4.69) is 12.1 Å². The van der Waals surface area contributed by atoms with Gasteiger partial charge in [-0.3, -0.25) is 0 Å². The van der Waals surface area contributed by atoms with Gasteiger partial charge in [0.1, 0.15) is 11.3 Å². The van der Waals surface area contributed by atoms with Crippen molar-refractivity contribution in [2.24, 2.45) is 0 Å². The van der Waals surface area contributed by atoms with E-state index in [9.17, 15) is 5.11 Å². The molecule has 2 atom stereocenters. The third-order valence-electron chi connectivity index (χ3n) is 3.54. The van der Waals surface area contributed by atoms with Crippen molar-refractivity contribution < 1.29 is 9.52 Å². The molecule has 0 amide bonds. The summed E-state index contributed by atoms with van der Waals surface area (Å²) in [6.45, 7) is 0. The fourth-order valence-corrected chi connectivity index (χ4v) is 2.63. The van der Waals surface area contributed by atoms with Crippen LogP contribution in [0.1, 0.15) is 37.4 Å². The van der Waals surface area contributed by atoms with E-state index in [1.54, 1.807) is 0 Å². The van der Waals surface area contributed by atoms with Gasteiger partial charge < -0.3 is 9.52 Å². The summed E-state index contributed by atoms with van der Waals surface area (Å²) in [6.07, 6.45) is 4.05. The summed E-state index contributed by atoms with van der Waals surface area (Å²) in [5.41, 5.74) is 0.926. The van der Waals surface area contributed by atoms with Crippen molar-refractivity contribution in [2.45, 2.75) is 37.7 Å². The molecule has 1 heterocycles. The topological polar surface area (TPSA) is 33.4 Å². The molecule has 2 aromatic rings. The Morgan fingerprint density at radius 2 is 1.94 bits per heavy atom. The number of benzene rings is 1. The average Bonchev–Trinajstić information content (AvgIpc) is 2.73. The minimum Gasteiger partial charge on any atom is -0.461 e. The highest BCUT2D eigenvalue weighted by Crippen LogP contribution is 2.35. The first-order chi connectivity index (χ1) is 7.84. The van der Waals surface area contributed by atoms with Gasteiger partial charge in [0, 0.05) is 11.3 Å². The lowest BCUT2D eigenvalue weighted by molar-refractivity contribution is 0.0973. The summed E-state index contributed by atoms with van der Waals surface area (Å²) in [5.74, 6) is 1.15. The molecule has 1 N–H and O–H groups in total. The van der Waals surface area contributed by atoms with Gasteiger partial charge in [-0.2, -0.15) is 0 Å². The Bertz CT molecular complexity index is 453. The van der Waals surface area contributed by atoms with Crippen LogP contribution in [0.5, 0.6) is 0 Å². The van der Waals surface area contributed by atoms with Gasteiger partial charge in [0.15, 0.2) is 0 Å². The molecule has 84 valence electrons. The van der Waals surface area contributed by atoms with Crippen LogP contribution < -0.4 is 0 Å². The van der Waals surface area contributed by atoms with Crippen molar-refractivity contribution in [1.82, 2.24) is 0 Å². The molecule has 1 aromatic heterocycles. The van der Waals surface area contributed by atoms with E-state index in [-0.39, 0.29) is 12.0 Å². The summed E-state index contributed by atoms with van der Waals surface area (Å²) in [7, 11) is 0. The Kier molecular flexibility index (Phi) is 2.44. The van der Waals surface area contributed by atoms with Gasteiger partial charge in [-0.1, -0.05) is 31.0 Å². The van der Waals surface area contributed by atoms with E-state index in [4.69, 9.17) is 4.42 Å². The quantitative estimate of drug-likeness (QED) is 0.792. The predicted octanol–water partition coefficient (Wildman–Crippen LogP) is 3.45. The second kappa shape index (κ2) is 3.95. The van der Waals surface area contributed by atoms with Gasteiger partial charge in [0.2, 0.25) is 0 Å². The van der Waals surface area contributed by atoms with E-state index in [0.29, 0.717) is 0 Å². The molecule has 2 unspecified atom stereocenters. The van der Waals surface area contributed by atoms with Crippen LogP contribution in [-0.4, -0.2) is 11.2 Å². The lowest BCUT2D eigenvalue weighted by Gasteiger charge is -2.25. The van der Waals surface area contributed by atoms with Gasteiger partial charge in [-0.25, -0.2) is 0 Å². The predicted molar refractivity (Wildman–Crippen MR) is 63.4 cm³/mol. The highest BCUT2D eigenvalue weighted by Gasteiger charge is 2.27. The molecule has 0 spiro atoms. The number of aliphatic hydroxyl groups excluding tert-OH is 1. The van der Waals surface area contributed by atoms with Gasteiger partial charge in [-0.05, 0) is 25.0 Å². The molecule has 3 rings (SSSR count). The van der Waals surface area contributed by atoms with E-state index in [1.165, 1.54) is 6.42 Å². The highest BCUT2D eigenvalue weighted by atomic mass is 16.3. The first-order valence-corrected chi connectivity index (χ1v) is 6.01. The molecule has 1 aliphatic rings. The van der Waals surface area contributed by atoms with E-state index < -0.39 is 0 Å². The van der Waals surface area contributed by atoms with Crippen LogP contribution in [0.25, 0.3) is 11.0 Å². The fourth-order valence-electron chi connectivity index (χ4n) is 2.63. The minimum atomic E-state index is -0.227. The van der Waals surface area contributed by atoms with Crippen molar-refractivity contribution in [3.05, 3.63) is 36.1 Å². The molecule has 1 aromatic carbocycles. The first-order valence-electron chi connectivity index (χ1n) is 6.01. The van der Waals surface area contributed by atoms with Crippen LogP contribution >= 0.6 is 0 Å². The van der Waals surface area contributed by atoms with Gasteiger partial charge >= 0.3 is 0 Å². The Morgan fingerprint density at radius 1 is 1.12 bits per heavy atom. The summed E-state index contributed by atoms with van der Waals surface area (Å²) in [4.78, 5) is 0. The maximum absolute atomic E-state index is 9.99. The number of fused-ring (bicyclic) bond motifs is 1. The van der Waals surface area contributed by atoms with Crippen molar-refractivity contribution in [2.75, 3.05) is 0 Å². The molecule has 0 aliphatic heterocycles. The van der Waals surface area contributed by atoms with Gasteiger partial charge in [0.05, 0.1) is 6.10 Å². The smallest absolute Gasteiger partial charge is 0.134 e. The third kappa shape index (κ3) is 1.63. The number of rotatable bonds is 1. The summed E-state index contributed by atoms with van der Waals surface area (Å²) >= 11 is 0. The van der Waals surface area contributed by atoms with Crippen LogP contribution in [0, 0.1) is 0 Å². The van der Waals surface area contributed by atoms with Crippen molar-refractivity contribution >= 4 is 11.0 Å². The Balaban J connectivity index is 1.98. The molecule has 0 bridgehead atoms. The number of aliphatic hydroxyl groups is 1. The summed E-state index contributed by atoms with van der Waals surface area (Å²) < 4.78 is 5.82. The molecule has 1 aliphatic carbocycles. The van der Waals surface area contributed by atoms with Crippen molar-refractivity contribution in [3.8, 4) is 0 Å². The van der Waals surface area contributed by atoms with Crippen LogP contribution in [0.4, 0.5) is 0 Å². The minimum absolute atomic E-state index is 0.196. The lowest BCUT2D eigenvalue weighted by Crippen LogP contribution is -2.21. The average molecular weight is 216 g/mol. The molecule has 1 saturated carbocycles. The third-order valence-corrected chi connectivity index (χ3v) is 3.54. The Morgan fingerprint density at radius 3 is 2.75 bits per heavy atom. The molecule has 16 heavy (non-hydrogen) atoms. The highest BCUT2D eigenvalue weighted by molar-refractivity contribution is 5.77. The monoisotopic (exact) mass is 216 g/mol. The second-order valence-electron chi connectivity index (χ2n) is 4.64. The van der Waals surface area contributed by atoms with Crippen LogP contribution in [-0.2, 0) is 0 Å². The van der Waals surface area contributed by atoms with E-state index in [0.717, 1.165) is 36.0 Å². The zero-order valence-corrected chi connectivity index (χ0v) is 9.23. The number of furan rings is 1. The summed E-state index contributed by atoms with van der Waals surface area (Å²) in [5, 5.41) is 11.1. The van der Waals surface area contributed by atoms with Crippen molar-refractivity contribution in [1.29, 1.82) is 0 Å². The maximum Gasteiger partial charge on any atom is 0.134 e. The van der Waals surface area contributed by atoms with Crippen molar-refractivity contribution in [3.63, 3.8) is 0 Å². The molecule has 0 radical (unpaired) electrons. The number of hydrogen-bond donors (Lipinski definition) is 1.